The Morgan fingerprint density at radius 1 is 1.00 bits per heavy atom. The third kappa shape index (κ3) is 7.46. The van der Waals surface area contributed by atoms with Crippen molar-refractivity contribution in [1.29, 1.82) is 0 Å². The fraction of sp³-hybridized carbons (Fsp3) is 0.226. The second kappa shape index (κ2) is 13.0. The normalized spacial score (nSPS) is 14.9. The van der Waals surface area contributed by atoms with E-state index in [-0.39, 0.29) is 10.5 Å². The Morgan fingerprint density at radius 3 is 2.38 bits per heavy atom. The van der Waals surface area contributed by atoms with Crippen molar-refractivity contribution in [3.8, 4) is 11.6 Å². The van der Waals surface area contributed by atoms with Gasteiger partial charge in [0, 0.05) is 18.7 Å². The number of aromatic nitrogens is 6. The van der Waals surface area contributed by atoms with Gasteiger partial charge in [-0.05, 0) is 67.8 Å². The fourth-order valence-electron chi connectivity index (χ4n) is 4.99. The molecule has 1 aliphatic heterocycles. The molecule has 0 radical (unpaired) electrons. The van der Waals surface area contributed by atoms with E-state index in [1.807, 2.05) is 29.8 Å². The third-order valence-electron chi connectivity index (χ3n) is 7.02. The molecule has 3 aromatic heterocycles. The molecule has 0 fully saturated rings. The van der Waals surface area contributed by atoms with Crippen molar-refractivity contribution >= 4 is 22.3 Å². The van der Waals surface area contributed by atoms with Gasteiger partial charge in [0.15, 0.2) is 5.82 Å². The van der Waals surface area contributed by atoms with Crippen LogP contribution in [-0.4, -0.2) is 49.4 Å². The van der Waals surface area contributed by atoms with Crippen LogP contribution in [-0.2, 0) is 22.8 Å². The van der Waals surface area contributed by atoms with Gasteiger partial charge in [-0.2, -0.15) is 26.7 Å². The first kappa shape index (κ1) is 31.6. The van der Waals surface area contributed by atoms with E-state index in [2.05, 4.69) is 20.1 Å². The van der Waals surface area contributed by atoms with E-state index >= 15 is 0 Å². The van der Waals surface area contributed by atoms with E-state index in [1.165, 1.54) is 24.3 Å². The standard InChI is InChI=1S/C25H23F3N6O.C6H6O3S/c1-16-14-33(15-29-16)21-11-9-17(30-24(21)35-2)10-12-22-31-23-19(7-5-13-34(23)32-22)18-6-3-4-8-20(18)25(26,27)28;7-10(8,9)6-4-2-1-3-5-6/h3-4,6,8-12,14-15,19H,5,7,13H2,1-2H3;1-5H,(H,7,8,9)/b12-10+;/t19-;/m0./s1. The number of halogens is 3. The molecular weight excluding hydrogens is 609 g/mol. The zero-order valence-electron chi connectivity index (χ0n) is 24.3. The van der Waals surface area contributed by atoms with Crippen molar-refractivity contribution in [3.05, 3.63) is 113 Å². The van der Waals surface area contributed by atoms with Crippen molar-refractivity contribution in [1.82, 2.24) is 29.3 Å². The lowest BCUT2D eigenvalue weighted by Gasteiger charge is -2.25. The SMILES string of the molecule is COc1nc(/C=C/c2nc3n(n2)CCC[C@H]3c2ccccc2C(F)(F)F)ccc1-n1cnc(C)c1.O=S(=O)(O)c1ccccc1. The molecule has 0 bridgehead atoms. The molecular formula is C31H29F3N6O4S. The summed E-state index contributed by atoms with van der Waals surface area (Å²) in [7, 11) is -2.45. The summed E-state index contributed by atoms with van der Waals surface area (Å²) in [5.41, 5.74) is 1.88. The first-order valence-corrected chi connectivity index (χ1v) is 15.3. The number of fused-ring (bicyclic) bond motifs is 1. The summed E-state index contributed by atoms with van der Waals surface area (Å²) in [5, 5.41) is 4.51. The van der Waals surface area contributed by atoms with E-state index in [9.17, 15) is 21.6 Å². The van der Waals surface area contributed by atoms with Crippen LogP contribution in [0.4, 0.5) is 13.2 Å². The first-order chi connectivity index (χ1) is 21.4. The van der Waals surface area contributed by atoms with Gasteiger partial charge in [-0.25, -0.2) is 19.6 Å². The largest absolute Gasteiger partial charge is 0.479 e. The van der Waals surface area contributed by atoms with Crippen molar-refractivity contribution in [3.63, 3.8) is 0 Å². The smallest absolute Gasteiger partial charge is 0.416 e. The highest BCUT2D eigenvalue weighted by atomic mass is 32.2. The van der Waals surface area contributed by atoms with E-state index in [1.54, 1.807) is 54.5 Å². The van der Waals surface area contributed by atoms with Crippen LogP contribution in [0.3, 0.4) is 0 Å². The number of ether oxygens (including phenoxy) is 1. The van der Waals surface area contributed by atoms with Gasteiger partial charge in [0.25, 0.3) is 10.1 Å². The van der Waals surface area contributed by atoms with Gasteiger partial charge < -0.3 is 9.30 Å². The molecule has 1 N–H and O–H groups in total. The molecule has 0 amide bonds. The monoisotopic (exact) mass is 638 g/mol. The predicted molar refractivity (Wildman–Crippen MR) is 160 cm³/mol. The minimum Gasteiger partial charge on any atom is -0.479 e. The lowest BCUT2D eigenvalue weighted by atomic mass is 9.88. The number of nitrogens with zero attached hydrogens (tertiary/aromatic N) is 6. The highest BCUT2D eigenvalue weighted by Gasteiger charge is 2.37. The van der Waals surface area contributed by atoms with Crippen molar-refractivity contribution in [2.45, 2.75) is 43.3 Å². The number of benzene rings is 2. The third-order valence-corrected chi connectivity index (χ3v) is 7.89. The average molecular weight is 639 g/mol. The molecule has 234 valence electrons. The number of hydrogen-bond acceptors (Lipinski definition) is 7. The topological polar surface area (TPSA) is 125 Å². The highest BCUT2D eigenvalue weighted by molar-refractivity contribution is 7.85. The van der Waals surface area contributed by atoms with E-state index < -0.39 is 27.8 Å². The zero-order chi connectivity index (χ0) is 32.2. The maximum atomic E-state index is 13.6. The quantitative estimate of drug-likeness (QED) is 0.217. The number of pyridine rings is 1. The maximum Gasteiger partial charge on any atom is 0.416 e. The number of imidazole rings is 1. The number of rotatable bonds is 6. The summed E-state index contributed by atoms with van der Waals surface area (Å²) in [6.07, 6.45) is 3.92. The summed E-state index contributed by atoms with van der Waals surface area (Å²) in [6, 6.07) is 16.8. The lowest BCUT2D eigenvalue weighted by Crippen LogP contribution is -2.21. The molecule has 45 heavy (non-hydrogen) atoms. The van der Waals surface area contributed by atoms with Crippen LogP contribution < -0.4 is 4.74 Å². The molecule has 0 aliphatic carbocycles. The highest BCUT2D eigenvalue weighted by Crippen LogP contribution is 2.40. The van der Waals surface area contributed by atoms with Crippen molar-refractivity contribution in [2.24, 2.45) is 0 Å². The second-order valence-corrected chi connectivity index (χ2v) is 11.6. The van der Waals surface area contributed by atoms with Gasteiger partial charge >= 0.3 is 6.18 Å². The molecule has 0 spiro atoms. The van der Waals surface area contributed by atoms with Crippen molar-refractivity contribution in [2.75, 3.05) is 7.11 Å². The number of alkyl halides is 3. The summed E-state index contributed by atoms with van der Waals surface area (Å²) in [4.78, 5) is 13.3. The molecule has 0 unspecified atom stereocenters. The van der Waals surface area contributed by atoms with Crippen LogP contribution in [0.15, 0.2) is 84.1 Å². The van der Waals surface area contributed by atoms with Crippen LogP contribution >= 0.6 is 0 Å². The van der Waals surface area contributed by atoms with E-state index in [4.69, 9.17) is 9.29 Å². The molecule has 4 heterocycles. The average Bonchev–Trinajstić information content (AvgIpc) is 3.65. The van der Waals surface area contributed by atoms with Crippen LogP contribution in [0.5, 0.6) is 5.88 Å². The van der Waals surface area contributed by atoms with Crippen molar-refractivity contribution < 1.29 is 30.9 Å². The molecule has 14 heteroatoms. The molecule has 0 saturated heterocycles. The minimum atomic E-state index is -4.42. The molecule has 6 rings (SSSR count). The van der Waals surface area contributed by atoms with Crippen LogP contribution in [0.25, 0.3) is 17.8 Å². The number of methoxy groups -OCH3 is 1. The molecule has 0 saturated carbocycles. The van der Waals surface area contributed by atoms with Gasteiger partial charge in [-0.1, -0.05) is 36.4 Å². The fourth-order valence-corrected chi connectivity index (χ4v) is 5.49. The van der Waals surface area contributed by atoms with E-state index in [0.717, 1.165) is 23.9 Å². The number of hydrogen-bond donors (Lipinski definition) is 1. The molecule has 1 aliphatic rings. The Bertz CT molecular complexity index is 1920. The Kier molecular flexibility index (Phi) is 9.16. The summed E-state index contributed by atoms with van der Waals surface area (Å²) >= 11 is 0. The Balaban J connectivity index is 0.000000342. The summed E-state index contributed by atoms with van der Waals surface area (Å²) in [6.45, 7) is 2.52. The Labute approximate surface area is 257 Å². The Morgan fingerprint density at radius 2 is 1.73 bits per heavy atom. The van der Waals surface area contributed by atoms with Gasteiger partial charge in [0.1, 0.15) is 11.5 Å². The van der Waals surface area contributed by atoms with Gasteiger partial charge in [-0.3, -0.25) is 4.55 Å². The zero-order valence-corrected chi connectivity index (χ0v) is 25.1. The Hall–Kier alpha value is -4.82. The number of aryl methyl sites for hydroxylation is 2. The summed E-state index contributed by atoms with van der Waals surface area (Å²) in [5.74, 6) is 0.938. The molecule has 1 atom stereocenters. The first-order valence-electron chi connectivity index (χ1n) is 13.8. The van der Waals surface area contributed by atoms with Gasteiger partial charge in [-0.15, -0.1) is 0 Å². The summed E-state index contributed by atoms with van der Waals surface area (Å²) < 4.78 is 79.1. The predicted octanol–water partition coefficient (Wildman–Crippen LogP) is 6.22. The van der Waals surface area contributed by atoms with Gasteiger partial charge in [0.05, 0.1) is 35.3 Å². The molecule has 2 aromatic carbocycles. The van der Waals surface area contributed by atoms with Crippen LogP contribution in [0.1, 0.15) is 52.9 Å². The van der Waals surface area contributed by atoms with Gasteiger partial charge in [0.2, 0.25) is 5.88 Å². The minimum absolute atomic E-state index is 0.0741. The lowest BCUT2D eigenvalue weighted by molar-refractivity contribution is -0.138. The van der Waals surface area contributed by atoms with E-state index in [0.29, 0.717) is 36.2 Å². The molecule has 5 aromatic rings. The van der Waals surface area contributed by atoms with Crippen LogP contribution in [0.2, 0.25) is 0 Å². The maximum absolute atomic E-state index is 13.6. The molecule has 10 nitrogen and oxygen atoms in total. The second-order valence-electron chi connectivity index (χ2n) is 10.1. The van der Waals surface area contributed by atoms with Crippen LogP contribution in [0, 0.1) is 6.92 Å².